The Morgan fingerprint density at radius 2 is 1.73 bits per heavy atom. The number of nitrogens with zero attached hydrogens (tertiary/aromatic N) is 2. The fraction of sp³-hybridized carbons (Fsp3) is 0.481. The van der Waals surface area contributed by atoms with Gasteiger partial charge in [0.25, 0.3) is 0 Å². The molecule has 2 aromatic rings. The Morgan fingerprint density at radius 3 is 2.33 bits per heavy atom. The number of anilines is 1. The molecule has 0 saturated carbocycles. The van der Waals surface area contributed by atoms with E-state index in [9.17, 15) is 31.1 Å². The summed E-state index contributed by atoms with van der Waals surface area (Å²) in [6.07, 6.45) is -9.95. The second kappa shape index (κ2) is 10.5. The van der Waals surface area contributed by atoms with E-state index in [0.717, 1.165) is 6.07 Å². The minimum atomic E-state index is -5.04. The van der Waals surface area contributed by atoms with Crippen LogP contribution in [0.2, 0.25) is 0 Å². The average molecular weight is 572 g/mol. The van der Waals surface area contributed by atoms with E-state index in [1.807, 2.05) is 0 Å². The van der Waals surface area contributed by atoms with Crippen LogP contribution >= 0.6 is 0 Å². The number of aliphatic imine (C=N–C) groups is 1. The van der Waals surface area contributed by atoms with E-state index in [1.54, 1.807) is 49.9 Å². The zero-order valence-corrected chi connectivity index (χ0v) is 22.2. The molecule has 1 amide bonds. The molecule has 4 N–H and O–H groups in total. The Bertz CT molecular complexity index is 1280. The number of carbonyl (C=O) groups excluding carboxylic acids is 1. The number of nitrogens with two attached hydrogens (primary N) is 1. The number of likely N-dealkylation sites (tertiary alicyclic amines) is 1. The van der Waals surface area contributed by atoms with Crippen LogP contribution in [0.5, 0.6) is 0 Å². The predicted molar refractivity (Wildman–Crippen MR) is 138 cm³/mol. The average Bonchev–Trinajstić information content (AvgIpc) is 2.82. The lowest BCUT2D eigenvalue weighted by Crippen LogP contribution is -2.64. The highest BCUT2D eigenvalue weighted by atomic mass is 19.4. The van der Waals surface area contributed by atoms with Crippen molar-refractivity contribution in [3.63, 3.8) is 0 Å². The van der Waals surface area contributed by atoms with Gasteiger partial charge in [0.05, 0.1) is 22.5 Å². The van der Waals surface area contributed by atoms with Crippen LogP contribution in [0, 0.1) is 0 Å². The van der Waals surface area contributed by atoms with Gasteiger partial charge >= 0.3 is 18.4 Å². The standard InChI is InChI=1S/C27H31F6N5O2/c1-24(2,3)40-23(39)38-12-10-18(11-13-38)35-22-25(34,37-21-7-5-4-6-20(21)36-22)15-16-8-9-17(26(28,29)30)14-19(16)27(31,32)33/h4-9,14,18,37H,10-13,15,34H2,1-3H3,(H,35,36). The molecule has 2 aliphatic heterocycles. The molecule has 1 saturated heterocycles. The third-order valence-corrected chi connectivity index (χ3v) is 6.62. The van der Waals surface area contributed by atoms with Gasteiger partial charge in [-0.2, -0.15) is 26.3 Å². The van der Waals surface area contributed by atoms with Gasteiger partial charge in [0.15, 0.2) is 0 Å². The van der Waals surface area contributed by atoms with Crippen LogP contribution in [0.1, 0.15) is 50.3 Å². The molecule has 0 bridgehead atoms. The molecule has 13 heteroatoms. The molecule has 0 spiro atoms. The summed E-state index contributed by atoms with van der Waals surface area (Å²) in [5.74, 6) is 0.148. The fourth-order valence-corrected chi connectivity index (χ4v) is 4.68. The first-order chi connectivity index (χ1) is 18.4. The van der Waals surface area contributed by atoms with E-state index in [1.165, 1.54) is 0 Å². The summed E-state index contributed by atoms with van der Waals surface area (Å²) in [7, 11) is 0. The molecule has 2 aromatic carbocycles. The van der Waals surface area contributed by atoms with Crippen molar-refractivity contribution < 1.29 is 35.9 Å². The topological polar surface area (TPSA) is 92.0 Å². The molecule has 218 valence electrons. The zero-order chi connectivity index (χ0) is 29.5. The maximum atomic E-state index is 13.9. The van der Waals surface area contributed by atoms with Crippen molar-refractivity contribution in [2.24, 2.45) is 10.7 Å². The van der Waals surface area contributed by atoms with Gasteiger partial charge in [-0.25, -0.2) is 9.79 Å². The first kappa shape index (κ1) is 29.5. The van der Waals surface area contributed by atoms with Gasteiger partial charge in [-0.05, 0) is 63.4 Å². The SMILES string of the molecule is CC(C)(C)OC(=O)N1CCC(NC2=Nc3ccccc3NC2(N)Cc2ccc(C(F)(F)F)cc2C(F)(F)F)CC1. The van der Waals surface area contributed by atoms with E-state index >= 15 is 0 Å². The number of hydrogen-bond acceptors (Lipinski definition) is 6. The third-order valence-electron chi connectivity index (χ3n) is 6.62. The largest absolute Gasteiger partial charge is 0.444 e. The highest BCUT2D eigenvalue weighted by molar-refractivity contribution is 6.00. The summed E-state index contributed by atoms with van der Waals surface area (Å²) in [4.78, 5) is 18.6. The molecule has 7 nitrogen and oxygen atoms in total. The minimum absolute atomic E-state index is 0.103. The lowest BCUT2D eigenvalue weighted by Gasteiger charge is -2.40. The molecule has 1 atom stereocenters. The summed E-state index contributed by atoms with van der Waals surface area (Å²) in [5.41, 5.74) is 2.06. The summed E-state index contributed by atoms with van der Waals surface area (Å²) >= 11 is 0. The summed E-state index contributed by atoms with van der Waals surface area (Å²) in [6, 6.07) is 8.10. The maximum absolute atomic E-state index is 13.9. The molecular weight excluding hydrogens is 540 g/mol. The predicted octanol–water partition coefficient (Wildman–Crippen LogP) is 6.07. The number of amidine groups is 1. The number of rotatable bonds is 3. The van der Waals surface area contributed by atoms with Gasteiger partial charge < -0.3 is 26.0 Å². The molecule has 2 aliphatic rings. The molecule has 0 radical (unpaired) electrons. The van der Waals surface area contributed by atoms with Crippen molar-refractivity contribution in [2.45, 2.75) is 69.7 Å². The monoisotopic (exact) mass is 571 g/mol. The van der Waals surface area contributed by atoms with Gasteiger partial charge in [-0.15, -0.1) is 0 Å². The first-order valence-electron chi connectivity index (χ1n) is 12.7. The second-order valence-corrected chi connectivity index (χ2v) is 11.0. The highest BCUT2D eigenvalue weighted by Crippen LogP contribution is 2.39. The van der Waals surface area contributed by atoms with Gasteiger partial charge in [-0.3, -0.25) is 0 Å². The van der Waals surface area contributed by atoms with Crippen LogP contribution in [0.15, 0.2) is 47.5 Å². The lowest BCUT2D eigenvalue weighted by atomic mass is 9.91. The second-order valence-electron chi connectivity index (χ2n) is 11.0. The minimum Gasteiger partial charge on any atom is -0.444 e. The molecule has 2 heterocycles. The molecule has 1 fully saturated rings. The van der Waals surface area contributed by atoms with Crippen molar-refractivity contribution in [2.75, 3.05) is 18.4 Å². The molecule has 4 rings (SSSR count). The number of para-hydroxylation sites is 2. The number of benzene rings is 2. The highest BCUT2D eigenvalue weighted by Gasteiger charge is 2.43. The lowest BCUT2D eigenvalue weighted by molar-refractivity contribution is -0.143. The number of fused-ring (bicyclic) bond motifs is 1. The number of nitrogens with one attached hydrogen (secondary N) is 2. The normalized spacial score (nSPS) is 20.4. The van der Waals surface area contributed by atoms with E-state index in [4.69, 9.17) is 10.5 Å². The van der Waals surface area contributed by atoms with Crippen molar-refractivity contribution in [3.8, 4) is 0 Å². The van der Waals surface area contributed by atoms with Gasteiger partial charge in [0.1, 0.15) is 17.1 Å². The quantitative estimate of drug-likeness (QED) is 0.390. The van der Waals surface area contributed by atoms with Crippen molar-refractivity contribution in [1.82, 2.24) is 10.2 Å². The smallest absolute Gasteiger partial charge is 0.416 e. The van der Waals surface area contributed by atoms with E-state index < -0.39 is 52.8 Å². The Labute approximate surface area is 227 Å². The number of hydrogen-bond donors (Lipinski definition) is 3. The van der Waals surface area contributed by atoms with E-state index in [-0.39, 0.29) is 17.9 Å². The fourth-order valence-electron chi connectivity index (χ4n) is 4.68. The van der Waals surface area contributed by atoms with E-state index in [0.29, 0.717) is 43.4 Å². The van der Waals surface area contributed by atoms with Gasteiger partial charge in [0.2, 0.25) is 0 Å². The number of alkyl halides is 6. The molecule has 40 heavy (non-hydrogen) atoms. The van der Waals surface area contributed by atoms with Crippen LogP contribution in [-0.4, -0.2) is 47.2 Å². The summed E-state index contributed by atoms with van der Waals surface area (Å²) in [5, 5.41) is 6.28. The Balaban J connectivity index is 1.60. The number of carbonyl (C=O) groups is 1. The Kier molecular flexibility index (Phi) is 7.74. The van der Waals surface area contributed by atoms with Gasteiger partial charge in [0, 0.05) is 25.6 Å². The molecular formula is C27H31F6N5O2. The van der Waals surface area contributed by atoms with Crippen LogP contribution in [0.3, 0.4) is 0 Å². The number of piperidine rings is 1. The van der Waals surface area contributed by atoms with Crippen molar-refractivity contribution in [1.29, 1.82) is 0 Å². The van der Waals surface area contributed by atoms with Crippen LogP contribution in [0.25, 0.3) is 0 Å². The number of ether oxygens (including phenoxy) is 1. The number of amides is 1. The Morgan fingerprint density at radius 1 is 1.07 bits per heavy atom. The first-order valence-corrected chi connectivity index (χ1v) is 12.7. The maximum Gasteiger partial charge on any atom is 0.416 e. The molecule has 0 aliphatic carbocycles. The van der Waals surface area contributed by atoms with Crippen LogP contribution < -0.4 is 16.4 Å². The third kappa shape index (κ3) is 6.80. The summed E-state index contributed by atoms with van der Waals surface area (Å²) < 4.78 is 86.7. The zero-order valence-electron chi connectivity index (χ0n) is 22.2. The van der Waals surface area contributed by atoms with Gasteiger partial charge in [-0.1, -0.05) is 18.2 Å². The van der Waals surface area contributed by atoms with Crippen LogP contribution in [-0.2, 0) is 23.5 Å². The summed E-state index contributed by atoms with van der Waals surface area (Å²) in [6.45, 7) is 6.06. The molecule has 0 aromatic heterocycles. The number of halogens is 6. The van der Waals surface area contributed by atoms with Crippen LogP contribution in [0.4, 0.5) is 42.5 Å². The van der Waals surface area contributed by atoms with Crippen molar-refractivity contribution >= 4 is 23.3 Å². The van der Waals surface area contributed by atoms with E-state index in [2.05, 4.69) is 15.6 Å². The Hall–Kier alpha value is -3.48. The van der Waals surface area contributed by atoms with Crippen molar-refractivity contribution in [3.05, 3.63) is 59.2 Å². The molecule has 1 unspecified atom stereocenters.